The monoisotopic (exact) mass is 472 g/mol. The van der Waals surface area contributed by atoms with E-state index in [0.29, 0.717) is 20.7 Å². The maximum absolute atomic E-state index is 12.7. The van der Waals surface area contributed by atoms with Gasteiger partial charge >= 0.3 is 5.97 Å². The normalized spacial score (nSPS) is 16.0. The molecular formula is C21H16N2O7S2. The minimum absolute atomic E-state index is 0.0365. The molecule has 0 atom stereocenters. The first-order valence-corrected chi connectivity index (χ1v) is 10.6. The Bertz CT molecular complexity index is 1180. The number of ether oxygens (including phenoxy) is 2. The van der Waals surface area contributed by atoms with Crippen molar-refractivity contribution >= 4 is 57.8 Å². The maximum Gasteiger partial charge on any atom is 0.339 e. The second-order valence-electron chi connectivity index (χ2n) is 6.78. The molecule has 0 spiro atoms. The van der Waals surface area contributed by atoms with Gasteiger partial charge in [0, 0.05) is 24.7 Å². The van der Waals surface area contributed by atoms with E-state index in [2.05, 4.69) is 5.32 Å². The van der Waals surface area contributed by atoms with E-state index in [1.165, 1.54) is 17.0 Å². The summed E-state index contributed by atoms with van der Waals surface area (Å²) in [6, 6.07) is 9.05. The van der Waals surface area contributed by atoms with Crippen molar-refractivity contribution in [2.75, 3.05) is 18.7 Å². The van der Waals surface area contributed by atoms with Crippen LogP contribution in [0.2, 0.25) is 0 Å². The number of hydrogen-bond acceptors (Lipinski definition) is 8. The molecular weight excluding hydrogens is 456 g/mol. The molecule has 164 valence electrons. The van der Waals surface area contributed by atoms with Crippen LogP contribution in [-0.4, -0.2) is 50.6 Å². The molecule has 3 N–H and O–H groups in total. The van der Waals surface area contributed by atoms with Crippen molar-refractivity contribution in [1.82, 2.24) is 4.90 Å². The first-order chi connectivity index (χ1) is 15.3. The molecule has 0 radical (unpaired) electrons. The lowest BCUT2D eigenvalue weighted by Crippen LogP contribution is -2.31. The smallest absolute Gasteiger partial charge is 0.339 e. The van der Waals surface area contributed by atoms with Crippen molar-refractivity contribution in [2.45, 2.75) is 6.42 Å². The highest BCUT2D eigenvalue weighted by atomic mass is 32.2. The number of carboxylic acid groups (broad SMARTS) is 1. The fourth-order valence-electron chi connectivity index (χ4n) is 3.07. The topological polar surface area (TPSA) is 125 Å². The molecule has 2 heterocycles. The van der Waals surface area contributed by atoms with Crippen molar-refractivity contribution in [2.24, 2.45) is 0 Å². The van der Waals surface area contributed by atoms with Crippen molar-refractivity contribution in [1.29, 1.82) is 0 Å². The number of carbonyl (C=O) groups is 3. The molecule has 0 aromatic heterocycles. The molecule has 2 aromatic carbocycles. The number of aromatic hydroxyl groups is 1. The minimum atomic E-state index is -1.27. The van der Waals surface area contributed by atoms with E-state index in [1.54, 1.807) is 24.3 Å². The van der Waals surface area contributed by atoms with Crippen LogP contribution in [0.5, 0.6) is 17.2 Å². The van der Waals surface area contributed by atoms with Crippen LogP contribution in [0.4, 0.5) is 5.69 Å². The molecule has 4 rings (SSSR count). The number of phenols is 1. The van der Waals surface area contributed by atoms with Gasteiger partial charge in [0.15, 0.2) is 11.5 Å². The van der Waals surface area contributed by atoms with Crippen LogP contribution in [0.25, 0.3) is 6.08 Å². The Balaban J connectivity index is 1.37. The molecule has 0 unspecified atom stereocenters. The molecule has 9 nitrogen and oxygen atoms in total. The van der Waals surface area contributed by atoms with E-state index >= 15 is 0 Å². The summed E-state index contributed by atoms with van der Waals surface area (Å²) in [5.41, 5.74) is 0.734. The lowest BCUT2D eigenvalue weighted by molar-refractivity contribution is -0.122. The van der Waals surface area contributed by atoms with Gasteiger partial charge in [-0.05, 0) is 35.9 Å². The number of aromatic carboxylic acids is 1. The number of fused-ring (bicyclic) bond motifs is 1. The van der Waals surface area contributed by atoms with E-state index in [4.69, 9.17) is 26.8 Å². The first-order valence-electron chi connectivity index (χ1n) is 9.33. The number of nitrogens with one attached hydrogen (secondary N) is 1. The molecule has 2 aliphatic heterocycles. The lowest BCUT2D eigenvalue weighted by Gasteiger charge is -2.14. The molecule has 32 heavy (non-hydrogen) atoms. The minimum Gasteiger partial charge on any atom is -0.507 e. The zero-order valence-corrected chi connectivity index (χ0v) is 18.0. The van der Waals surface area contributed by atoms with Crippen molar-refractivity contribution < 1.29 is 34.1 Å². The second-order valence-corrected chi connectivity index (χ2v) is 8.46. The van der Waals surface area contributed by atoms with Gasteiger partial charge in [-0.1, -0.05) is 30.0 Å². The highest BCUT2D eigenvalue weighted by Gasteiger charge is 2.32. The second kappa shape index (κ2) is 8.89. The third-order valence-corrected chi connectivity index (χ3v) is 6.02. The third-order valence-electron chi connectivity index (χ3n) is 4.64. The number of nitrogens with zero attached hydrogens (tertiary/aromatic N) is 1. The largest absolute Gasteiger partial charge is 0.507 e. The predicted molar refractivity (Wildman–Crippen MR) is 121 cm³/mol. The number of carbonyl (C=O) groups excluding carboxylic acids is 2. The number of thiocarbonyl (C=S) groups is 1. The van der Waals surface area contributed by atoms with E-state index in [0.717, 1.165) is 23.4 Å². The highest BCUT2D eigenvalue weighted by Crippen LogP contribution is 2.36. The van der Waals surface area contributed by atoms with Gasteiger partial charge in [0.1, 0.15) is 15.6 Å². The fraction of sp³-hybridized carbons (Fsp3) is 0.143. The molecule has 0 saturated carbocycles. The summed E-state index contributed by atoms with van der Waals surface area (Å²) in [6.45, 7) is 0.237. The molecule has 0 bridgehead atoms. The lowest BCUT2D eigenvalue weighted by atomic mass is 10.2. The van der Waals surface area contributed by atoms with Crippen LogP contribution in [0.1, 0.15) is 22.3 Å². The van der Waals surface area contributed by atoms with Gasteiger partial charge in [0.25, 0.3) is 5.91 Å². The van der Waals surface area contributed by atoms with Gasteiger partial charge in [0.05, 0.1) is 4.91 Å². The molecule has 1 fully saturated rings. The van der Waals surface area contributed by atoms with E-state index in [-0.39, 0.29) is 36.9 Å². The van der Waals surface area contributed by atoms with Gasteiger partial charge in [-0.3, -0.25) is 14.5 Å². The van der Waals surface area contributed by atoms with Crippen LogP contribution >= 0.6 is 24.0 Å². The van der Waals surface area contributed by atoms with Crippen LogP contribution < -0.4 is 14.8 Å². The Kier molecular flexibility index (Phi) is 6.01. The first kappa shape index (κ1) is 21.7. The van der Waals surface area contributed by atoms with Crippen molar-refractivity contribution in [3.8, 4) is 17.2 Å². The molecule has 2 aliphatic rings. The average Bonchev–Trinajstić information content (AvgIpc) is 3.30. The van der Waals surface area contributed by atoms with Crippen LogP contribution in [-0.2, 0) is 9.59 Å². The van der Waals surface area contributed by atoms with Gasteiger partial charge in [-0.2, -0.15) is 0 Å². The molecule has 1 saturated heterocycles. The molecule has 0 aliphatic carbocycles. The van der Waals surface area contributed by atoms with Crippen LogP contribution in [0, 0.1) is 0 Å². The summed E-state index contributed by atoms with van der Waals surface area (Å²) in [6.07, 6.45) is 1.67. The third kappa shape index (κ3) is 4.53. The van der Waals surface area contributed by atoms with Crippen molar-refractivity contribution in [3.05, 3.63) is 52.4 Å². The van der Waals surface area contributed by atoms with Gasteiger partial charge in [-0.15, -0.1) is 0 Å². The molecule has 2 aromatic rings. The predicted octanol–water partition coefficient (Wildman–Crippen LogP) is 3.05. The number of rotatable bonds is 6. The van der Waals surface area contributed by atoms with Crippen LogP contribution in [0.15, 0.2) is 41.3 Å². The maximum atomic E-state index is 12.7. The van der Waals surface area contributed by atoms with Crippen molar-refractivity contribution in [3.63, 3.8) is 0 Å². The fourth-order valence-corrected chi connectivity index (χ4v) is 4.38. The summed E-state index contributed by atoms with van der Waals surface area (Å²) in [5, 5.41) is 21.2. The van der Waals surface area contributed by atoms with E-state index in [1.807, 2.05) is 0 Å². The highest BCUT2D eigenvalue weighted by molar-refractivity contribution is 8.26. The zero-order chi connectivity index (χ0) is 22.8. The standard InChI is InChI=1S/C21H16N2O7S2/c24-14-9-12(2-3-13(14)20(27)28)22-18(25)5-6-23-19(26)17(32-21(23)31)8-11-1-4-15-16(7-11)30-10-29-15/h1-4,7-9,24H,5-6,10H2,(H,22,25)(H,27,28)/b17-8-. The number of benzene rings is 2. The molecule has 2 amide bonds. The Morgan fingerprint density at radius 2 is 1.97 bits per heavy atom. The zero-order valence-electron chi connectivity index (χ0n) is 16.4. The van der Waals surface area contributed by atoms with E-state index in [9.17, 15) is 19.5 Å². The average molecular weight is 473 g/mol. The molecule has 11 heteroatoms. The Morgan fingerprint density at radius 3 is 2.72 bits per heavy atom. The SMILES string of the molecule is O=C(CCN1C(=O)/C(=C/c2ccc3c(c2)OCO3)SC1=S)Nc1ccc(C(=O)O)c(O)c1. The summed E-state index contributed by atoms with van der Waals surface area (Å²) in [5.74, 6) is -1.19. The number of thioether (sulfide) groups is 1. The summed E-state index contributed by atoms with van der Waals surface area (Å²) >= 11 is 6.44. The number of anilines is 1. The Morgan fingerprint density at radius 1 is 1.19 bits per heavy atom. The van der Waals surface area contributed by atoms with Crippen LogP contribution in [0.3, 0.4) is 0 Å². The Labute approximate surface area is 191 Å². The number of carboxylic acids is 1. The summed E-state index contributed by atoms with van der Waals surface area (Å²) < 4.78 is 11.0. The summed E-state index contributed by atoms with van der Waals surface area (Å²) in [4.78, 5) is 37.7. The summed E-state index contributed by atoms with van der Waals surface area (Å²) in [7, 11) is 0. The quantitative estimate of drug-likeness (QED) is 0.430. The van der Waals surface area contributed by atoms with Gasteiger partial charge in [0.2, 0.25) is 12.7 Å². The van der Waals surface area contributed by atoms with E-state index < -0.39 is 17.6 Å². The van der Waals surface area contributed by atoms with Gasteiger partial charge < -0.3 is 25.0 Å². The van der Waals surface area contributed by atoms with Gasteiger partial charge in [-0.25, -0.2) is 4.79 Å². The number of hydrogen-bond donors (Lipinski definition) is 3. The Hall–Kier alpha value is -3.57. The number of amides is 2.